The molecule has 0 saturated carbocycles. The van der Waals surface area contributed by atoms with E-state index in [0.717, 1.165) is 27.0 Å². The van der Waals surface area contributed by atoms with Gasteiger partial charge in [0, 0.05) is 27.3 Å². The number of halogens is 1. The molecule has 1 N–H and O–H groups in total. The van der Waals surface area contributed by atoms with E-state index in [2.05, 4.69) is 45.3 Å². The molecule has 0 radical (unpaired) electrons. The van der Waals surface area contributed by atoms with Gasteiger partial charge >= 0.3 is 0 Å². The van der Waals surface area contributed by atoms with Crippen LogP contribution in [-0.4, -0.2) is 4.98 Å². The number of anilines is 1. The zero-order chi connectivity index (χ0) is 17.8. The lowest BCUT2D eigenvalue weighted by atomic mass is 10.1. The van der Waals surface area contributed by atoms with Crippen LogP contribution >= 0.6 is 27.3 Å². The highest BCUT2D eigenvalue weighted by molar-refractivity contribution is 9.10. The van der Waals surface area contributed by atoms with Crippen LogP contribution in [0.15, 0.2) is 58.5 Å². The minimum Gasteiger partial charge on any atom is -0.360 e. The molecule has 0 aliphatic rings. The number of hydrogen-bond donors (Lipinski definition) is 1. The summed E-state index contributed by atoms with van der Waals surface area (Å²) >= 11 is 4.94. The Balaban J connectivity index is 1.85. The molecule has 3 aromatic rings. The normalized spacial score (nSPS) is 11.2. The van der Waals surface area contributed by atoms with E-state index in [1.807, 2.05) is 48.7 Å². The van der Waals surface area contributed by atoms with Gasteiger partial charge in [-0.3, -0.25) is 0 Å². The van der Waals surface area contributed by atoms with Crippen molar-refractivity contribution < 1.29 is 0 Å². The molecule has 0 atom stereocenters. The van der Waals surface area contributed by atoms with Crippen molar-refractivity contribution in [2.24, 2.45) is 0 Å². The second-order valence-electron chi connectivity index (χ2n) is 5.68. The number of aryl methyl sites for hydroxylation is 2. The lowest BCUT2D eigenvalue weighted by Crippen LogP contribution is -1.94. The molecular weight excluding hydrogens is 394 g/mol. The molecule has 0 spiro atoms. The van der Waals surface area contributed by atoms with E-state index in [4.69, 9.17) is 0 Å². The third kappa shape index (κ3) is 4.16. The van der Waals surface area contributed by atoms with Crippen molar-refractivity contribution in [3.63, 3.8) is 0 Å². The van der Waals surface area contributed by atoms with Crippen molar-refractivity contribution in [3.05, 3.63) is 74.7 Å². The Morgan fingerprint density at radius 3 is 2.80 bits per heavy atom. The molecule has 0 saturated heterocycles. The van der Waals surface area contributed by atoms with Gasteiger partial charge in [-0.1, -0.05) is 45.8 Å². The van der Waals surface area contributed by atoms with E-state index < -0.39 is 0 Å². The van der Waals surface area contributed by atoms with Crippen LogP contribution in [0.1, 0.15) is 16.1 Å². The molecule has 0 fully saturated rings. The first-order valence-electron chi connectivity index (χ1n) is 7.73. The number of hydrogen-bond acceptors (Lipinski definition) is 4. The summed E-state index contributed by atoms with van der Waals surface area (Å²) < 4.78 is 1.01. The summed E-state index contributed by atoms with van der Waals surface area (Å²) in [5, 5.41) is 15.4. The fraction of sp³-hybridized carbons (Fsp3) is 0.100. The minimum absolute atomic E-state index is 0.520. The van der Waals surface area contributed by atoms with E-state index in [-0.39, 0.29) is 0 Å². The van der Waals surface area contributed by atoms with Crippen LogP contribution in [0.2, 0.25) is 0 Å². The maximum absolute atomic E-state index is 9.50. The standard InChI is InChI=1S/C20H16BrN3S/c1-13-6-7-18(14(2)8-13)23-11-16(10-22)20-24-19(12-25-20)15-4-3-5-17(21)9-15/h3-9,11-12,23H,1-2H3. The van der Waals surface area contributed by atoms with Gasteiger partial charge < -0.3 is 5.32 Å². The third-order valence-corrected chi connectivity index (χ3v) is 5.10. The van der Waals surface area contributed by atoms with Crippen molar-refractivity contribution in [2.45, 2.75) is 13.8 Å². The van der Waals surface area contributed by atoms with Gasteiger partial charge in [-0.05, 0) is 37.6 Å². The molecule has 2 aromatic carbocycles. The molecular formula is C20H16BrN3S. The fourth-order valence-corrected chi connectivity index (χ4v) is 3.64. The molecule has 3 nitrogen and oxygen atoms in total. The summed E-state index contributed by atoms with van der Waals surface area (Å²) in [6.07, 6.45) is 1.72. The van der Waals surface area contributed by atoms with Crippen molar-refractivity contribution in [3.8, 4) is 17.3 Å². The molecule has 0 aliphatic carbocycles. The van der Waals surface area contributed by atoms with Crippen LogP contribution < -0.4 is 5.32 Å². The summed E-state index contributed by atoms with van der Waals surface area (Å²) in [7, 11) is 0. The zero-order valence-electron chi connectivity index (χ0n) is 13.9. The van der Waals surface area contributed by atoms with Gasteiger partial charge in [0.2, 0.25) is 0 Å². The number of thiazole rings is 1. The van der Waals surface area contributed by atoms with Crippen LogP contribution in [0.5, 0.6) is 0 Å². The SMILES string of the molecule is Cc1ccc(NC=C(C#N)c2nc(-c3cccc(Br)c3)cs2)c(C)c1. The highest BCUT2D eigenvalue weighted by Gasteiger charge is 2.09. The van der Waals surface area contributed by atoms with Crippen LogP contribution in [0.3, 0.4) is 0 Å². The Morgan fingerprint density at radius 1 is 1.24 bits per heavy atom. The monoisotopic (exact) mass is 409 g/mol. The summed E-state index contributed by atoms with van der Waals surface area (Å²) in [6.45, 7) is 4.11. The lowest BCUT2D eigenvalue weighted by Gasteiger charge is -2.06. The Labute approximate surface area is 159 Å². The van der Waals surface area contributed by atoms with Gasteiger partial charge in [-0.2, -0.15) is 5.26 Å². The van der Waals surface area contributed by atoms with E-state index in [0.29, 0.717) is 10.6 Å². The van der Waals surface area contributed by atoms with Gasteiger partial charge in [0.15, 0.2) is 0 Å². The lowest BCUT2D eigenvalue weighted by molar-refractivity contribution is 1.35. The first-order valence-corrected chi connectivity index (χ1v) is 9.40. The number of nitriles is 1. The Kier molecular flexibility index (Phi) is 5.32. The Bertz CT molecular complexity index is 983. The number of benzene rings is 2. The van der Waals surface area contributed by atoms with Crippen molar-refractivity contribution >= 4 is 38.5 Å². The van der Waals surface area contributed by atoms with Crippen LogP contribution in [-0.2, 0) is 0 Å². The van der Waals surface area contributed by atoms with Crippen molar-refractivity contribution in [1.29, 1.82) is 5.26 Å². The number of aromatic nitrogens is 1. The Hall–Kier alpha value is -2.42. The maximum Gasteiger partial charge on any atom is 0.136 e. The molecule has 0 unspecified atom stereocenters. The first kappa shape index (κ1) is 17.4. The zero-order valence-corrected chi connectivity index (χ0v) is 16.3. The van der Waals surface area contributed by atoms with E-state index in [9.17, 15) is 5.26 Å². The predicted octanol–water partition coefficient (Wildman–Crippen LogP) is 6.17. The van der Waals surface area contributed by atoms with E-state index >= 15 is 0 Å². The Morgan fingerprint density at radius 2 is 2.08 bits per heavy atom. The van der Waals surface area contributed by atoms with Gasteiger partial charge in [-0.25, -0.2) is 4.98 Å². The molecule has 124 valence electrons. The summed E-state index contributed by atoms with van der Waals surface area (Å²) in [5.74, 6) is 0. The maximum atomic E-state index is 9.50. The molecule has 5 heteroatoms. The van der Waals surface area contributed by atoms with Crippen molar-refractivity contribution in [2.75, 3.05) is 5.32 Å². The highest BCUT2D eigenvalue weighted by atomic mass is 79.9. The van der Waals surface area contributed by atoms with Gasteiger partial charge in [0.05, 0.1) is 5.69 Å². The van der Waals surface area contributed by atoms with Crippen molar-refractivity contribution in [1.82, 2.24) is 4.98 Å². The smallest absolute Gasteiger partial charge is 0.136 e. The molecule has 0 amide bonds. The van der Waals surface area contributed by atoms with Crippen LogP contribution in [0.4, 0.5) is 5.69 Å². The number of allylic oxidation sites excluding steroid dienone is 1. The predicted molar refractivity (Wildman–Crippen MR) is 108 cm³/mol. The molecule has 25 heavy (non-hydrogen) atoms. The van der Waals surface area contributed by atoms with Crippen LogP contribution in [0, 0.1) is 25.2 Å². The number of nitrogens with one attached hydrogen (secondary N) is 1. The molecule has 3 rings (SSSR count). The number of rotatable bonds is 4. The molecule has 1 heterocycles. The third-order valence-electron chi connectivity index (χ3n) is 3.73. The highest BCUT2D eigenvalue weighted by Crippen LogP contribution is 2.28. The minimum atomic E-state index is 0.520. The molecule has 0 aliphatic heterocycles. The van der Waals surface area contributed by atoms with Gasteiger partial charge in [0.25, 0.3) is 0 Å². The average Bonchev–Trinajstić information content (AvgIpc) is 3.07. The fourth-order valence-electron chi connectivity index (χ4n) is 2.45. The average molecular weight is 410 g/mol. The summed E-state index contributed by atoms with van der Waals surface area (Å²) in [4.78, 5) is 4.61. The van der Waals surface area contributed by atoms with Crippen LogP contribution in [0.25, 0.3) is 16.8 Å². The quantitative estimate of drug-likeness (QED) is 0.524. The second-order valence-corrected chi connectivity index (χ2v) is 7.45. The van der Waals surface area contributed by atoms with E-state index in [1.54, 1.807) is 6.20 Å². The molecule has 0 bridgehead atoms. The van der Waals surface area contributed by atoms with Gasteiger partial charge in [-0.15, -0.1) is 11.3 Å². The largest absolute Gasteiger partial charge is 0.360 e. The van der Waals surface area contributed by atoms with E-state index in [1.165, 1.54) is 16.9 Å². The first-order chi connectivity index (χ1) is 12.1. The summed E-state index contributed by atoms with van der Waals surface area (Å²) in [6, 6.07) is 16.4. The van der Waals surface area contributed by atoms with Gasteiger partial charge in [0.1, 0.15) is 16.6 Å². The molecule has 1 aromatic heterocycles. The second kappa shape index (κ2) is 7.64. The topological polar surface area (TPSA) is 48.7 Å². The number of nitrogens with zero attached hydrogens (tertiary/aromatic N) is 2. The summed E-state index contributed by atoms with van der Waals surface area (Å²) in [5.41, 5.74) is 5.76.